The van der Waals surface area contributed by atoms with Crippen LogP contribution in [0.25, 0.3) is 0 Å². The van der Waals surface area contributed by atoms with Crippen LogP contribution in [0.5, 0.6) is 0 Å². The molecule has 0 bridgehead atoms. The van der Waals surface area contributed by atoms with E-state index in [-0.39, 0.29) is 0 Å². The zero-order valence-electron chi connectivity index (χ0n) is 10.4. The van der Waals surface area contributed by atoms with E-state index in [0.29, 0.717) is 6.10 Å². The van der Waals surface area contributed by atoms with E-state index in [9.17, 15) is 0 Å². The SMILES string of the molecule is CCN(C)CCCN1CCO[C@@H](CNI)C1. The molecule has 0 spiro atoms. The number of nitrogens with zero attached hydrogens (tertiary/aromatic N) is 2. The highest BCUT2D eigenvalue weighted by atomic mass is 127. The lowest BCUT2D eigenvalue weighted by atomic mass is 10.2. The predicted molar refractivity (Wildman–Crippen MR) is 76.0 cm³/mol. The molecule has 0 radical (unpaired) electrons. The molecule has 1 saturated heterocycles. The Hall–Kier alpha value is 0.570. The third-order valence-corrected chi connectivity index (χ3v) is 3.52. The first kappa shape index (κ1) is 14.6. The van der Waals surface area contributed by atoms with Gasteiger partial charge in [-0.3, -0.25) is 8.43 Å². The predicted octanol–water partition coefficient (Wildman–Crippen LogP) is 0.969. The van der Waals surface area contributed by atoms with Gasteiger partial charge in [0, 0.05) is 42.5 Å². The summed E-state index contributed by atoms with van der Waals surface area (Å²) >= 11 is 2.18. The molecule has 0 aromatic heterocycles. The summed E-state index contributed by atoms with van der Waals surface area (Å²) < 4.78 is 8.83. The highest BCUT2D eigenvalue weighted by Crippen LogP contribution is 2.05. The molecule has 96 valence electrons. The van der Waals surface area contributed by atoms with E-state index in [1.807, 2.05) is 0 Å². The fourth-order valence-electron chi connectivity index (χ4n) is 1.92. The van der Waals surface area contributed by atoms with E-state index in [1.165, 1.54) is 19.5 Å². The van der Waals surface area contributed by atoms with Gasteiger partial charge in [-0.1, -0.05) is 6.92 Å². The first-order chi connectivity index (χ1) is 7.76. The maximum Gasteiger partial charge on any atom is 0.0834 e. The van der Waals surface area contributed by atoms with Crippen molar-refractivity contribution in [3.63, 3.8) is 0 Å². The van der Waals surface area contributed by atoms with Gasteiger partial charge >= 0.3 is 0 Å². The molecule has 5 heteroatoms. The Labute approximate surface area is 113 Å². The minimum absolute atomic E-state index is 0.370. The van der Waals surface area contributed by atoms with Crippen LogP contribution in [-0.2, 0) is 4.74 Å². The average Bonchev–Trinajstić information content (AvgIpc) is 2.30. The molecule has 0 saturated carbocycles. The molecule has 1 heterocycles. The van der Waals surface area contributed by atoms with E-state index in [0.717, 1.165) is 32.8 Å². The zero-order chi connectivity index (χ0) is 11.8. The summed E-state index contributed by atoms with van der Waals surface area (Å²) in [4.78, 5) is 4.88. The van der Waals surface area contributed by atoms with Gasteiger partial charge in [0.15, 0.2) is 0 Å². The largest absolute Gasteiger partial charge is 0.374 e. The second-order valence-corrected chi connectivity index (χ2v) is 5.14. The fourth-order valence-corrected chi connectivity index (χ4v) is 2.41. The summed E-state index contributed by atoms with van der Waals surface area (Å²) in [7, 11) is 2.18. The van der Waals surface area contributed by atoms with Crippen LogP contribution in [0.15, 0.2) is 0 Å². The maximum atomic E-state index is 5.68. The number of nitrogens with one attached hydrogen (secondary N) is 1. The van der Waals surface area contributed by atoms with Crippen LogP contribution in [0, 0.1) is 0 Å². The Balaban J connectivity index is 2.11. The summed E-state index contributed by atoms with van der Waals surface area (Å²) in [5, 5.41) is 0. The van der Waals surface area contributed by atoms with Crippen LogP contribution >= 0.6 is 22.9 Å². The second-order valence-electron chi connectivity index (χ2n) is 4.38. The number of hydrogen-bond acceptors (Lipinski definition) is 4. The van der Waals surface area contributed by atoms with Gasteiger partial charge in [-0.05, 0) is 33.1 Å². The van der Waals surface area contributed by atoms with E-state index in [2.05, 4.69) is 50.2 Å². The second kappa shape index (κ2) is 8.63. The van der Waals surface area contributed by atoms with Gasteiger partial charge in [0.05, 0.1) is 12.7 Å². The molecule has 0 amide bonds. The van der Waals surface area contributed by atoms with E-state index in [4.69, 9.17) is 4.74 Å². The van der Waals surface area contributed by atoms with Crippen LogP contribution in [0.2, 0.25) is 0 Å². The third-order valence-electron chi connectivity index (χ3n) is 3.08. The highest BCUT2D eigenvalue weighted by molar-refractivity contribution is 14.1. The molecule has 4 nitrogen and oxygen atoms in total. The quantitative estimate of drug-likeness (QED) is 0.552. The number of halogens is 1. The maximum absolute atomic E-state index is 5.68. The Morgan fingerprint density at radius 2 is 2.38 bits per heavy atom. The van der Waals surface area contributed by atoms with Crippen LogP contribution in [-0.4, -0.2) is 68.8 Å². The summed E-state index contributed by atoms with van der Waals surface area (Å²) in [5.74, 6) is 0. The molecule has 1 aliphatic rings. The van der Waals surface area contributed by atoms with Gasteiger partial charge in [0.2, 0.25) is 0 Å². The van der Waals surface area contributed by atoms with Crippen molar-refractivity contribution in [1.29, 1.82) is 0 Å². The van der Waals surface area contributed by atoms with Crippen LogP contribution in [0.4, 0.5) is 0 Å². The van der Waals surface area contributed by atoms with Gasteiger partial charge in [0.1, 0.15) is 0 Å². The molecular formula is C11H24IN3O. The summed E-state index contributed by atoms with van der Waals surface area (Å²) in [5.41, 5.74) is 0. The minimum Gasteiger partial charge on any atom is -0.374 e. The van der Waals surface area contributed by atoms with Gasteiger partial charge < -0.3 is 9.64 Å². The van der Waals surface area contributed by atoms with Crippen molar-refractivity contribution in [3.8, 4) is 0 Å². The van der Waals surface area contributed by atoms with Crippen molar-refractivity contribution in [2.24, 2.45) is 0 Å². The standard InChI is InChI=1S/C11H24IN3O/c1-3-14(2)5-4-6-15-7-8-16-11(10-15)9-13-12/h11,13H,3-10H2,1-2H3/t11-/m0/s1. The molecule has 0 aromatic carbocycles. The third kappa shape index (κ3) is 5.77. The molecule has 0 unspecified atom stereocenters. The molecule has 1 aliphatic heterocycles. The number of ether oxygens (including phenoxy) is 1. The lowest BCUT2D eigenvalue weighted by Crippen LogP contribution is -2.46. The van der Waals surface area contributed by atoms with Crippen LogP contribution in [0.3, 0.4) is 0 Å². The zero-order valence-corrected chi connectivity index (χ0v) is 12.6. The molecule has 1 fully saturated rings. The monoisotopic (exact) mass is 341 g/mol. The van der Waals surface area contributed by atoms with Gasteiger partial charge in [-0.15, -0.1) is 0 Å². The van der Waals surface area contributed by atoms with Crippen molar-refractivity contribution < 1.29 is 4.74 Å². The summed E-state index contributed by atoms with van der Waals surface area (Å²) in [6.07, 6.45) is 1.63. The van der Waals surface area contributed by atoms with Crippen LogP contribution < -0.4 is 3.53 Å². The number of rotatable bonds is 7. The van der Waals surface area contributed by atoms with Crippen LogP contribution in [0.1, 0.15) is 13.3 Å². The smallest absolute Gasteiger partial charge is 0.0834 e. The molecule has 16 heavy (non-hydrogen) atoms. The molecule has 0 aliphatic carbocycles. The van der Waals surface area contributed by atoms with E-state index in [1.54, 1.807) is 0 Å². The van der Waals surface area contributed by atoms with Crippen molar-refractivity contribution >= 4 is 22.9 Å². The van der Waals surface area contributed by atoms with Crippen molar-refractivity contribution in [2.75, 3.05) is 52.9 Å². The normalized spacial score (nSPS) is 22.9. The Morgan fingerprint density at radius 3 is 3.06 bits per heavy atom. The molecular weight excluding hydrogens is 317 g/mol. The topological polar surface area (TPSA) is 27.7 Å². The Bertz CT molecular complexity index is 181. The molecule has 1 N–H and O–H groups in total. The van der Waals surface area contributed by atoms with E-state index < -0.39 is 0 Å². The first-order valence-corrected chi connectivity index (χ1v) is 7.20. The lowest BCUT2D eigenvalue weighted by Gasteiger charge is -2.33. The fraction of sp³-hybridized carbons (Fsp3) is 1.00. The average molecular weight is 341 g/mol. The number of morpholine rings is 1. The Kier molecular flexibility index (Phi) is 7.89. The summed E-state index contributed by atoms with van der Waals surface area (Å²) in [6, 6.07) is 0. The Morgan fingerprint density at radius 1 is 1.56 bits per heavy atom. The molecule has 1 atom stereocenters. The van der Waals surface area contributed by atoms with Gasteiger partial charge in [-0.25, -0.2) is 0 Å². The van der Waals surface area contributed by atoms with Crippen molar-refractivity contribution in [1.82, 2.24) is 13.3 Å². The highest BCUT2D eigenvalue weighted by Gasteiger charge is 2.19. The van der Waals surface area contributed by atoms with Crippen molar-refractivity contribution in [3.05, 3.63) is 0 Å². The lowest BCUT2D eigenvalue weighted by molar-refractivity contribution is -0.0247. The number of hydrogen-bond donors (Lipinski definition) is 1. The summed E-state index contributed by atoms with van der Waals surface area (Å²) in [6.45, 7) is 9.74. The van der Waals surface area contributed by atoms with E-state index >= 15 is 0 Å². The first-order valence-electron chi connectivity index (χ1n) is 6.12. The van der Waals surface area contributed by atoms with Crippen molar-refractivity contribution in [2.45, 2.75) is 19.4 Å². The molecule has 0 aromatic rings. The van der Waals surface area contributed by atoms with Gasteiger partial charge in [-0.2, -0.15) is 0 Å². The van der Waals surface area contributed by atoms with Gasteiger partial charge in [0.25, 0.3) is 0 Å². The molecule has 1 rings (SSSR count). The minimum atomic E-state index is 0.370.